The second kappa shape index (κ2) is 7.02. The van der Waals surface area contributed by atoms with Crippen LogP contribution in [0.1, 0.15) is 27.5 Å². The van der Waals surface area contributed by atoms with E-state index < -0.39 is 18.1 Å². The van der Waals surface area contributed by atoms with Crippen LogP contribution in [0.5, 0.6) is 0 Å². The normalized spacial score (nSPS) is 13.5. The minimum Gasteiger partial charge on any atom is -0.465 e. The predicted molar refractivity (Wildman–Crippen MR) is 80.9 cm³/mol. The standard InChI is InChI=1S/C17H19NO3/c1-21-17(20)14-9-5-8-13(11-14)16(18)15(19)10-12-6-3-2-4-7-12/h2-9,11,15-16,19H,10,18H2,1H3/t15-,16+/m0/s1. The summed E-state index contributed by atoms with van der Waals surface area (Å²) in [5.41, 5.74) is 8.25. The van der Waals surface area contributed by atoms with Gasteiger partial charge in [-0.25, -0.2) is 4.79 Å². The molecule has 0 amide bonds. The van der Waals surface area contributed by atoms with Gasteiger partial charge < -0.3 is 15.6 Å². The van der Waals surface area contributed by atoms with Crippen LogP contribution in [0, 0.1) is 0 Å². The highest BCUT2D eigenvalue weighted by atomic mass is 16.5. The van der Waals surface area contributed by atoms with Crippen LogP contribution in [-0.2, 0) is 11.2 Å². The minimum absolute atomic E-state index is 0.415. The lowest BCUT2D eigenvalue weighted by molar-refractivity contribution is 0.0600. The highest BCUT2D eigenvalue weighted by molar-refractivity contribution is 5.89. The molecule has 0 saturated carbocycles. The van der Waals surface area contributed by atoms with E-state index in [0.717, 1.165) is 5.56 Å². The van der Waals surface area contributed by atoms with Crippen LogP contribution < -0.4 is 5.73 Å². The quantitative estimate of drug-likeness (QED) is 0.825. The van der Waals surface area contributed by atoms with Gasteiger partial charge in [-0.3, -0.25) is 0 Å². The Morgan fingerprint density at radius 1 is 1.19 bits per heavy atom. The molecule has 2 aromatic carbocycles. The molecule has 0 heterocycles. The summed E-state index contributed by atoms with van der Waals surface area (Å²) in [6, 6.07) is 15.9. The largest absolute Gasteiger partial charge is 0.465 e. The van der Waals surface area contributed by atoms with Crippen molar-refractivity contribution in [3.8, 4) is 0 Å². The number of benzene rings is 2. The maximum atomic E-state index is 11.5. The number of carbonyl (C=O) groups excluding carboxylic acids is 1. The van der Waals surface area contributed by atoms with E-state index in [9.17, 15) is 9.90 Å². The number of esters is 1. The molecule has 110 valence electrons. The summed E-state index contributed by atoms with van der Waals surface area (Å²) < 4.78 is 4.68. The van der Waals surface area contributed by atoms with Crippen molar-refractivity contribution >= 4 is 5.97 Å². The number of hydrogen-bond donors (Lipinski definition) is 2. The first-order chi connectivity index (χ1) is 10.1. The van der Waals surface area contributed by atoms with Crippen LogP contribution in [0.3, 0.4) is 0 Å². The minimum atomic E-state index is -0.722. The first-order valence-electron chi connectivity index (χ1n) is 6.77. The van der Waals surface area contributed by atoms with Gasteiger partial charge >= 0.3 is 5.97 Å². The van der Waals surface area contributed by atoms with E-state index in [1.54, 1.807) is 24.3 Å². The van der Waals surface area contributed by atoms with Gasteiger partial charge in [0, 0.05) is 6.42 Å². The van der Waals surface area contributed by atoms with Gasteiger partial charge in [0.05, 0.1) is 24.8 Å². The van der Waals surface area contributed by atoms with Crippen molar-refractivity contribution in [2.75, 3.05) is 7.11 Å². The van der Waals surface area contributed by atoms with Crippen molar-refractivity contribution in [2.24, 2.45) is 5.73 Å². The molecule has 4 nitrogen and oxygen atoms in total. The van der Waals surface area contributed by atoms with Crippen molar-refractivity contribution in [3.05, 3.63) is 71.3 Å². The maximum absolute atomic E-state index is 11.5. The van der Waals surface area contributed by atoms with E-state index in [0.29, 0.717) is 17.5 Å². The molecule has 2 rings (SSSR count). The molecule has 0 spiro atoms. The number of aliphatic hydroxyl groups is 1. The van der Waals surface area contributed by atoms with Crippen LogP contribution >= 0.6 is 0 Å². The number of methoxy groups -OCH3 is 1. The molecule has 0 aliphatic rings. The molecule has 0 radical (unpaired) electrons. The third-order valence-electron chi connectivity index (χ3n) is 3.39. The first kappa shape index (κ1) is 15.2. The molecule has 0 aromatic heterocycles. The molecule has 0 saturated heterocycles. The van der Waals surface area contributed by atoms with Crippen molar-refractivity contribution in [3.63, 3.8) is 0 Å². The number of hydrogen-bond acceptors (Lipinski definition) is 4. The summed E-state index contributed by atoms with van der Waals surface area (Å²) in [7, 11) is 1.33. The third-order valence-corrected chi connectivity index (χ3v) is 3.39. The molecule has 0 fully saturated rings. The topological polar surface area (TPSA) is 72.5 Å². The van der Waals surface area contributed by atoms with E-state index in [1.165, 1.54) is 7.11 Å². The van der Waals surface area contributed by atoms with Gasteiger partial charge in [0.2, 0.25) is 0 Å². The summed E-state index contributed by atoms with van der Waals surface area (Å²) in [4.78, 5) is 11.5. The Hall–Kier alpha value is -2.17. The molecular weight excluding hydrogens is 266 g/mol. The lowest BCUT2D eigenvalue weighted by Crippen LogP contribution is -2.28. The Morgan fingerprint density at radius 2 is 1.90 bits per heavy atom. The van der Waals surface area contributed by atoms with Crippen LogP contribution in [0.4, 0.5) is 0 Å². The summed E-state index contributed by atoms with van der Waals surface area (Å²) in [6.07, 6.45) is -0.259. The number of rotatable bonds is 5. The smallest absolute Gasteiger partial charge is 0.337 e. The van der Waals surface area contributed by atoms with Crippen molar-refractivity contribution in [2.45, 2.75) is 18.6 Å². The van der Waals surface area contributed by atoms with Gasteiger partial charge in [0.1, 0.15) is 0 Å². The Balaban J connectivity index is 2.12. The highest BCUT2D eigenvalue weighted by Crippen LogP contribution is 2.19. The lowest BCUT2D eigenvalue weighted by atomic mass is 9.96. The van der Waals surface area contributed by atoms with E-state index >= 15 is 0 Å². The Labute approximate surface area is 124 Å². The fourth-order valence-corrected chi connectivity index (χ4v) is 2.20. The maximum Gasteiger partial charge on any atom is 0.337 e. The van der Waals surface area contributed by atoms with Gasteiger partial charge in [-0.2, -0.15) is 0 Å². The van der Waals surface area contributed by atoms with E-state index in [-0.39, 0.29) is 0 Å². The van der Waals surface area contributed by atoms with Gasteiger partial charge in [-0.05, 0) is 23.3 Å². The molecule has 0 aliphatic carbocycles. The summed E-state index contributed by atoms with van der Waals surface area (Å²) >= 11 is 0. The van der Waals surface area contributed by atoms with Gasteiger partial charge in [-0.15, -0.1) is 0 Å². The number of ether oxygens (including phenoxy) is 1. The van der Waals surface area contributed by atoms with E-state index in [1.807, 2.05) is 30.3 Å². The van der Waals surface area contributed by atoms with Crippen molar-refractivity contribution in [1.29, 1.82) is 0 Å². The average Bonchev–Trinajstić information content (AvgIpc) is 2.54. The number of carbonyl (C=O) groups is 1. The third kappa shape index (κ3) is 3.90. The monoisotopic (exact) mass is 285 g/mol. The fourth-order valence-electron chi connectivity index (χ4n) is 2.20. The number of aliphatic hydroxyl groups excluding tert-OH is 1. The average molecular weight is 285 g/mol. The molecule has 3 N–H and O–H groups in total. The second-order valence-electron chi connectivity index (χ2n) is 4.90. The Bertz CT molecular complexity index is 598. The van der Waals surface area contributed by atoms with E-state index in [4.69, 9.17) is 5.73 Å². The van der Waals surface area contributed by atoms with Crippen LogP contribution in [0.15, 0.2) is 54.6 Å². The first-order valence-corrected chi connectivity index (χ1v) is 6.77. The molecule has 0 aliphatic heterocycles. The predicted octanol–water partition coefficient (Wildman–Crippen LogP) is 2.08. The van der Waals surface area contributed by atoms with Crippen molar-refractivity contribution < 1.29 is 14.6 Å². The molecule has 0 bridgehead atoms. The molecule has 0 unspecified atom stereocenters. The van der Waals surface area contributed by atoms with Crippen molar-refractivity contribution in [1.82, 2.24) is 0 Å². The highest BCUT2D eigenvalue weighted by Gasteiger charge is 2.18. The lowest BCUT2D eigenvalue weighted by Gasteiger charge is -2.19. The molecule has 21 heavy (non-hydrogen) atoms. The Kier molecular flexibility index (Phi) is 5.09. The van der Waals surface area contributed by atoms with Gasteiger partial charge in [0.25, 0.3) is 0 Å². The van der Waals surface area contributed by atoms with Gasteiger partial charge in [-0.1, -0.05) is 42.5 Å². The van der Waals surface area contributed by atoms with Crippen LogP contribution in [0.25, 0.3) is 0 Å². The molecular formula is C17H19NO3. The number of nitrogens with two attached hydrogens (primary N) is 1. The second-order valence-corrected chi connectivity index (χ2v) is 4.90. The van der Waals surface area contributed by atoms with Crippen LogP contribution in [0.2, 0.25) is 0 Å². The molecule has 2 atom stereocenters. The summed E-state index contributed by atoms with van der Waals surface area (Å²) in [6.45, 7) is 0. The van der Waals surface area contributed by atoms with E-state index in [2.05, 4.69) is 4.74 Å². The zero-order valence-electron chi connectivity index (χ0n) is 11.9. The fraction of sp³-hybridized carbons (Fsp3) is 0.235. The summed E-state index contributed by atoms with van der Waals surface area (Å²) in [5, 5.41) is 10.3. The van der Waals surface area contributed by atoms with Gasteiger partial charge in [0.15, 0.2) is 0 Å². The van der Waals surface area contributed by atoms with Crippen LogP contribution in [-0.4, -0.2) is 24.3 Å². The summed E-state index contributed by atoms with van der Waals surface area (Å²) in [5.74, 6) is -0.415. The molecule has 4 heteroatoms. The zero-order valence-corrected chi connectivity index (χ0v) is 11.9. The Morgan fingerprint density at radius 3 is 2.57 bits per heavy atom. The molecule has 2 aromatic rings. The SMILES string of the molecule is COC(=O)c1cccc([C@@H](N)[C@@H](O)Cc2ccccc2)c1. The zero-order chi connectivity index (χ0) is 15.2.